The van der Waals surface area contributed by atoms with Crippen LogP contribution in [0.3, 0.4) is 0 Å². The smallest absolute Gasteiger partial charge is 0.312 e. The van der Waals surface area contributed by atoms with Crippen molar-refractivity contribution in [3.05, 3.63) is 40.7 Å². The first-order valence-electron chi connectivity index (χ1n) is 5.35. The topological polar surface area (TPSA) is 133 Å². The Morgan fingerprint density at radius 1 is 1.45 bits per heavy atom. The van der Waals surface area contributed by atoms with E-state index in [4.69, 9.17) is 5.73 Å². The van der Waals surface area contributed by atoms with Gasteiger partial charge in [-0.3, -0.25) is 19.5 Å². The van der Waals surface area contributed by atoms with Crippen LogP contribution in [0.4, 0.5) is 17.1 Å². The van der Waals surface area contributed by atoms with Gasteiger partial charge < -0.3 is 5.73 Å². The number of nitro benzene ring substituents is 1. The van der Waals surface area contributed by atoms with E-state index in [1.165, 1.54) is 29.2 Å². The average Bonchev–Trinajstić information content (AvgIpc) is 2.73. The first-order chi connectivity index (χ1) is 9.31. The standard InChI is InChI=1S/C10H11N5O4S/c1-14-6-7(5-12-14)13-20(18,19)9-4-2-3-8(11)10(9)15(16)17/h2-6,13H,11H2,1H3. The second kappa shape index (κ2) is 4.81. The maximum absolute atomic E-state index is 12.2. The number of aromatic nitrogens is 2. The number of nitrogens with one attached hydrogen (secondary N) is 1. The van der Waals surface area contributed by atoms with E-state index in [9.17, 15) is 18.5 Å². The van der Waals surface area contributed by atoms with Crippen LogP contribution in [0.5, 0.6) is 0 Å². The van der Waals surface area contributed by atoms with Crippen molar-refractivity contribution in [2.45, 2.75) is 4.90 Å². The lowest BCUT2D eigenvalue weighted by Gasteiger charge is -2.07. The van der Waals surface area contributed by atoms with Crippen LogP contribution in [-0.4, -0.2) is 23.1 Å². The van der Waals surface area contributed by atoms with Crippen molar-refractivity contribution < 1.29 is 13.3 Å². The maximum atomic E-state index is 12.2. The third-order valence-corrected chi connectivity index (χ3v) is 3.87. The van der Waals surface area contributed by atoms with Crippen LogP contribution in [0.15, 0.2) is 35.5 Å². The SMILES string of the molecule is Cn1cc(NS(=O)(=O)c2cccc(N)c2[N+](=O)[O-])cn1. The number of aryl methyl sites for hydroxylation is 1. The van der Waals surface area contributed by atoms with Gasteiger partial charge in [0.05, 0.1) is 16.8 Å². The van der Waals surface area contributed by atoms with Crippen molar-refractivity contribution in [3.63, 3.8) is 0 Å². The molecule has 0 aliphatic carbocycles. The minimum atomic E-state index is -4.12. The van der Waals surface area contributed by atoms with E-state index in [0.717, 1.165) is 6.07 Å². The summed E-state index contributed by atoms with van der Waals surface area (Å²) in [7, 11) is -2.51. The van der Waals surface area contributed by atoms with Gasteiger partial charge in [0.25, 0.3) is 10.0 Å². The molecule has 20 heavy (non-hydrogen) atoms. The van der Waals surface area contributed by atoms with E-state index in [1.54, 1.807) is 7.05 Å². The lowest BCUT2D eigenvalue weighted by Crippen LogP contribution is -2.15. The molecule has 0 spiro atoms. The molecule has 1 heterocycles. The van der Waals surface area contributed by atoms with Gasteiger partial charge in [0.2, 0.25) is 0 Å². The molecule has 10 heteroatoms. The van der Waals surface area contributed by atoms with Gasteiger partial charge in [-0.15, -0.1) is 0 Å². The van der Waals surface area contributed by atoms with E-state index in [-0.39, 0.29) is 11.4 Å². The molecule has 0 saturated heterocycles. The summed E-state index contributed by atoms with van der Waals surface area (Å²) in [5.74, 6) is 0. The molecule has 0 aliphatic rings. The Hall–Kier alpha value is -2.62. The van der Waals surface area contributed by atoms with Gasteiger partial charge in [0, 0.05) is 13.2 Å². The van der Waals surface area contributed by atoms with Crippen molar-refractivity contribution in [3.8, 4) is 0 Å². The lowest BCUT2D eigenvalue weighted by molar-refractivity contribution is -0.386. The molecule has 2 aromatic rings. The molecule has 1 aromatic heterocycles. The molecule has 0 saturated carbocycles. The van der Waals surface area contributed by atoms with Crippen LogP contribution >= 0.6 is 0 Å². The largest absolute Gasteiger partial charge is 0.393 e. The summed E-state index contributed by atoms with van der Waals surface area (Å²) < 4.78 is 28.0. The average molecular weight is 297 g/mol. The normalized spacial score (nSPS) is 11.2. The van der Waals surface area contributed by atoms with Crippen molar-refractivity contribution in [1.82, 2.24) is 9.78 Å². The number of nitrogens with two attached hydrogens (primary N) is 1. The van der Waals surface area contributed by atoms with Gasteiger partial charge in [0.1, 0.15) is 5.69 Å². The molecule has 0 radical (unpaired) electrons. The summed E-state index contributed by atoms with van der Waals surface area (Å²) in [6, 6.07) is 3.72. The Labute approximate surface area is 114 Å². The number of hydrogen-bond acceptors (Lipinski definition) is 6. The van der Waals surface area contributed by atoms with Gasteiger partial charge in [0.15, 0.2) is 4.90 Å². The zero-order valence-corrected chi connectivity index (χ0v) is 11.2. The molecular weight excluding hydrogens is 286 g/mol. The molecule has 0 amide bonds. The van der Waals surface area contributed by atoms with Gasteiger partial charge >= 0.3 is 5.69 Å². The van der Waals surface area contributed by atoms with Gasteiger partial charge in [-0.2, -0.15) is 5.10 Å². The van der Waals surface area contributed by atoms with Crippen LogP contribution in [-0.2, 0) is 17.1 Å². The minimum absolute atomic E-state index is 0.198. The number of hydrogen-bond donors (Lipinski definition) is 2. The second-order valence-electron chi connectivity index (χ2n) is 3.96. The zero-order valence-electron chi connectivity index (χ0n) is 10.3. The molecule has 106 valence electrons. The zero-order chi connectivity index (χ0) is 14.9. The Morgan fingerprint density at radius 3 is 2.70 bits per heavy atom. The maximum Gasteiger partial charge on any atom is 0.312 e. The Morgan fingerprint density at radius 2 is 2.15 bits per heavy atom. The highest BCUT2D eigenvalue weighted by molar-refractivity contribution is 7.92. The predicted molar refractivity (Wildman–Crippen MR) is 71.5 cm³/mol. The molecule has 3 N–H and O–H groups in total. The van der Waals surface area contributed by atoms with Crippen molar-refractivity contribution in [1.29, 1.82) is 0 Å². The Balaban J connectivity index is 2.50. The molecular formula is C10H11N5O4S. The predicted octanol–water partition coefficient (Wildman–Crippen LogP) is 0.711. The van der Waals surface area contributed by atoms with Crippen LogP contribution in [0.2, 0.25) is 0 Å². The van der Waals surface area contributed by atoms with Crippen LogP contribution in [0.25, 0.3) is 0 Å². The number of rotatable bonds is 4. The van der Waals surface area contributed by atoms with Crippen molar-refractivity contribution in [2.24, 2.45) is 7.05 Å². The van der Waals surface area contributed by atoms with Crippen LogP contribution < -0.4 is 10.5 Å². The fourth-order valence-corrected chi connectivity index (χ4v) is 2.87. The molecule has 9 nitrogen and oxygen atoms in total. The third-order valence-electron chi connectivity index (χ3n) is 2.46. The highest BCUT2D eigenvalue weighted by Crippen LogP contribution is 2.30. The van der Waals surface area contributed by atoms with Gasteiger partial charge in [-0.1, -0.05) is 6.07 Å². The monoisotopic (exact) mass is 297 g/mol. The molecule has 0 unspecified atom stereocenters. The van der Waals surface area contributed by atoms with Crippen molar-refractivity contribution in [2.75, 3.05) is 10.5 Å². The van der Waals surface area contributed by atoms with E-state index in [2.05, 4.69) is 9.82 Å². The van der Waals surface area contributed by atoms with E-state index >= 15 is 0 Å². The number of sulfonamides is 1. The van der Waals surface area contributed by atoms with Crippen molar-refractivity contribution >= 4 is 27.1 Å². The highest BCUT2D eigenvalue weighted by atomic mass is 32.2. The summed E-state index contributed by atoms with van der Waals surface area (Å²) in [4.78, 5) is 9.64. The highest BCUT2D eigenvalue weighted by Gasteiger charge is 2.28. The summed E-state index contributed by atoms with van der Waals surface area (Å²) in [6.45, 7) is 0. The fraction of sp³-hybridized carbons (Fsp3) is 0.100. The minimum Gasteiger partial charge on any atom is -0.393 e. The third kappa shape index (κ3) is 2.54. The summed E-state index contributed by atoms with van der Waals surface area (Å²) in [5.41, 5.74) is 4.80. The lowest BCUT2D eigenvalue weighted by atomic mass is 10.3. The molecule has 1 aromatic carbocycles. The fourth-order valence-electron chi connectivity index (χ4n) is 1.64. The van der Waals surface area contributed by atoms with E-state index < -0.39 is 25.5 Å². The number of benzene rings is 1. The molecule has 0 atom stereocenters. The summed E-state index contributed by atoms with van der Waals surface area (Å²) >= 11 is 0. The number of para-hydroxylation sites is 1. The summed E-state index contributed by atoms with van der Waals surface area (Å²) in [5, 5.41) is 14.8. The quantitative estimate of drug-likeness (QED) is 0.485. The van der Waals surface area contributed by atoms with Crippen LogP contribution in [0.1, 0.15) is 0 Å². The molecule has 2 rings (SSSR count). The molecule has 0 bridgehead atoms. The van der Waals surface area contributed by atoms with E-state index in [1.807, 2.05) is 0 Å². The summed E-state index contributed by atoms with van der Waals surface area (Å²) in [6.07, 6.45) is 2.71. The van der Waals surface area contributed by atoms with Crippen LogP contribution in [0, 0.1) is 10.1 Å². The Bertz CT molecular complexity index is 768. The number of nitro groups is 1. The first kappa shape index (κ1) is 13.8. The van der Waals surface area contributed by atoms with Gasteiger partial charge in [-0.05, 0) is 12.1 Å². The number of anilines is 2. The molecule has 0 fully saturated rings. The second-order valence-corrected chi connectivity index (χ2v) is 5.61. The first-order valence-corrected chi connectivity index (χ1v) is 6.84. The van der Waals surface area contributed by atoms with Gasteiger partial charge in [-0.25, -0.2) is 8.42 Å². The Kier molecular flexibility index (Phi) is 3.32. The number of nitrogens with zero attached hydrogens (tertiary/aromatic N) is 3. The van der Waals surface area contributed by atoms with E-state index in [0.29, 0.717) is 0 Å². The number of nitrogen functional groups attached to an aromatic ring is 1. The molecule has 0 aliphatic heterocycles.